The zero-order valence-corrected chi connectivity index (χ0v) is 16.7. The summed E-state index contributed by atoms with van der Waals surface area (Å²) >= 11 is 1.13. The Hall–Kier alpha value is -3.33. The zero-order valence-electron chi connectivity index (χ0n) is 15.9. The van der Waals surface area contributed by atoms with E-state index in [0.29, 0.717) is 29.5 Å². The second kappa shape index (κ2) is 9.74. The molecule has 9 heteroatoms. The number of benzene rings is 2. The minimum atomic E-state index is -0.399. The number of hydrogen-bond donors (Lipinski definition) is 1. The average Bonchev–Trinajstić information content (AvgIpc) is 3.22. The number of methoxy groups -OCH3 is 1. The zero-order chi connectivity index (χ0) is 20.6. The van der Waals surface area contributed by atoms with Crippen molar-refractivity contribution >= 4 is 29.3 Å². The second-order valence-electron chi connectivity index (χ2n) is 5.74. The quantitative estimate of drug-likeness (QED) is 0.441. The summed E-state index contributed by atoms with van der Waals surface area (Å²) in [6, 6.07) is 13.7. The van der Waals surface area contributed by atoms with Gasteiger partial charge in [0, 0.05) is 11.3 Å². The highest BCUT2D eigenvalue weighted by molar-refractivity contribution is 7.99. The summed E-state index contributed by atoms with van der Waals surface area (Å²) in [6.07, 6.45) is 0. The van der Waals surface area contributed by atoms with Gasteiger partial charge >= 0.3 is 5.97 Å². The first-order valence-corrected chi connectivity index (χ1v) is 9.75. The molecule has 0 aliphatic rings. The molecule has 150 valence electrons. The van der Waals surface area contributed by atoms with Gasteiger partial charge in [-0.3, -0.25) is 4.79 Å². The molecule has 0 aliphatic heterocycles. The van der Waals surface area contributed by atoms with Crippen molar-refractivity contribution in [3.05, 3.63) is 54.1 Å². The second-order valence-corrected chi connectivity index (χ2v) is 6.67. The van der Waals surface area contributed by atoms with E-state index in [1.165, 1.54) is 0 Å². The van der Waals surface area contributed by atoms with Crippen molar-refractivity contribution < 1.29 is 23.5 Å². The first-order valence-electron chi connectivity index (χ1n) is 8.77. The summed E-state index contributed by atoms with van der Waals surface area (Å²) < 4.78 is 15.7. The maximum Gasteiger partial charge on any atom is 0.338 e. The fraction of sp³-hybridized carbons (Fsp3) is 0.200. The Kier molecular flexibility index (Phi) is 6.85. The molecule has 1 N–H and O–H groups in total. The van der Waals surface area contributed by atoms with Crippen LogP contribution < -0.4 is 10.1 Å². The Labute approximate surface area is 171 Å². The molecule has 3 rings (SSSR count). The van der Waals surface area contributed by atoms with E-state index in [9.17, 15) is 9.59 Å². The molecule has 1 amide bonds. The number of aromatic nitrogens is 2. The molecule has 1 heterocycles. The van der Waals surface area contributed by atoms with Crippen LogP contribution in [0.25, 0.3) is 11.5 Å². The highest BCUT2D eigenvalue weighted by atomic mass is 32.2. The number of amides is 1. The van der Waals surface area contributed by atoms with Crippen LogP contribution >= 0.6 is 11.8 Å². The van der Waals surface area contributed by atoms with Crippen molar-refractivity contribution in [3.8, 4) is 17.2 Å². The monoisotopic (exact) mass is 413 g/mol. The molecule has 1 aromatic heterocycles. The Balaban J connectivity index is 1.53. The summed E-state index contributed by atoms with van der Waals surface area (Å²) in [5, 5.41) is 11.0. The van der Waals surface area contributed by atoms with Gasteiger partial charge in [0.15, 0.2) is 0 Å². The lowest BCUT2D eigenvalue weighted by molar-refractivity contribution is -0.113. The fourth-order valence-corrected chi connectivity index (χ4v) is 2.93. The van der Waals surface area contributed by atoms with E-state index in [1.807, 2.05) is 18.2 Å². The predicted molar refractivity (Wildman–Crippen MR) is 108 cm³/mol. The molecule has 8 nitrogen and oxygen atoms in total. The molecule has 0 saturated heterocycles. The summed E-state index contributed by atoms with van der Waals surface area (Å²) in [4.78, 5) is 23.8. The van der Waals surface area contributed by atoms with E-state index in [-0.39, 0.29) is 16.9 Å². The first kappa shape index (κ1) is 20.4. The molecule has 0 bridgehead atoms. The van der Waals surface area contributed by atoms with Gasteiger partial charge in [0.25, 0.3) is 5.22 Å². The number of nitrogens with one attached hydrogen (secondary N) is 1. The molecule has 2 aromatic carbocycles. The lowest BCUT2D eigenvalue weighted by Crippen LogP contribution is -2.14. The Morgan fingerprint density at radius 2 is 1.93 bits per heavy atom. The topological polar surface area (TPSA) is 104 Å². The maximum absolute atomic E-state index is 12.1. The number of rotatable bonds is 8. The van der Waals surface area contributed by atoms with Crippen molar-refractivity contribution in [1.29, 1.82) is 0 Å². The standard InChI is InChI=1S/C20H19N3O5S/c1-3-27-19(25)13-7-9-15(10-8-13)21-17(24)12-29-20-23-22-18(28-20)14-5-4-6-16(11-14)26-2/h4-11H,3,12H2,1-2H3,(H,21,24). The lowest BCUT2D eigenvalue weighted by atomic mass is 10.2. The smallest absolute Gasteiger partial charge is 0.338 e. The normalized spacial score (nSPS) is 10.4. The fourth-order valence-electron chi connectivity index (χ4n) is 2.37. The van der Waals surface area contributed by atoms with Crippen molar-refractivity contribution in [3.63, 3.8) is 0 Å². The highest BCUT2D eigenvalue weighted by Gasteiger charge is 2.12. The van der Waals surface area contributed by atoms with Crippen LogP contribution in [0.15, 0.2) is 58.2 Å². The molecule has 0 fully saturated rings. The molecule has 0 saturated carbocycles. The van der Waals surface area contributed by atoms with Gasteiger partial charge in [-0.15, -0.1) is 10.2 Å². The van der Waals surface area contributed by atoms with E-state index in [1.54, 1.807) is 44.4 Å². The molecule has 0 atom stereocenters. The molecule has 0 unspecified atom stereocenters. The van der Waals surface area contributed by atoms with Gasteiger partial charge in [-0.05, 0) is 49.4 Å². The van der Waals surface area contributed by atoms with Crippen molar-refractivity contribution in [1.82, 2.24) is 10.2 Å². The van der Waals surface area contributed by atoms with Crippen molar-refractivity contribution in [2.75, 3.05) is 24.8 Å². The van der Waals surface area contributed by atoms with Crippen molar-refractivity contribution in [2.45, 2.75) is 12.1 Å². The molecule has 29 heavy (non-hydrogen) atoms. The van der Waals surface area contributed by atoms with E-state index in [0.717, 1.165) is 17.3 Å². The van der Waals surface area contributed by atoms with E-state index < -0.39 is 5.97 Å². The van der Waals surface area contributed by atoms with Crippen LogP contribution in [-0.2, 0) is 9.53 Å². The van der Waals surface area contributed by atoms with Crippen LogP contribution in [0.5, 0.6) is 5.75 Å². The molecule has 3 aromatic rings. The number of carbonyl (C=O) groups excluding carboxylic acids is 2. The lowest BCUT2D eigenvalue weighted by Gasteiger charge is -2.05. The number of nitrogens with zero attached hydrogens (tertiary/aromatic N) is 2. The number of thioether (sulfide) groups is 1. The Morgan fingerprint density at radius 3 is 2.66 bits per heavy atom. The van der Waals surface area contributed by atoms with Gasteiger partial charge in [-0.2, -0.15) is 0 Å². The number of esters is 1. The summed E-state index contributed by atoms with van der Waals surface area (Å²) in [5.41, 5.74) is 1.73. The third-order valence-electron chi connectivity index (χ3n) is 3.73. The third-order valence-corrected chi connectivity index (χ3v) is 4.55. The van der Waals surface area contributed by atoms with Crippen molar-refractivity contribution in [2.24, 2.45) is 0 Å². The van der Waals surface area contributed by atoms with Gasteiger partial charge in [0.05, 0.1) is 25.0 Å². The summed E-state index contributed by atoms with van der Waals surface area (Å²) in [5.74, 6) is 0.494. The van der Waals surface area contributed by atoms with Gasteiger partial charge in [0.1, 0.15) is 5.75 Å². The summed E-state index contributed by atoms with van der Waals surface area (Å²) in [7, 11) is 1.58. The average molecular weight is 413 g/mol. The van der Waals surface area contributed by atoms with Crippen LogP contribution in [-0.4, -0.2) is 41.5 Å². The number of ether oxygens (including phenoxy) is 2. The van der Waals surface area contributed by atoms with Gasteiger partial charge < -0.3 is 19.2 Å². The molecule has 0 radical (unpaired) electrons. The van der Waals surface area contributed by atoms with Crippen LogP contribution in [0, 0.1) is 0 Å². The Bertz CT molecular complexity index is 988. The van der Waals surface area contributed by atoms with E-state index in [4.69, 9.17) is 13.9 Å². The molecular weight excluding hydrogens is 394 g/mol. The highest BCUT2D eigenvalue weighted by Crippen LogP contribution is 2.26. The van der Waals surface area contributed by atoms with Gasteiger partial charge in [-0.1, -0.05) is 17.8 Å². The molecular formula is C20H19N3O5S. The Morgan fingerprint density at radius 1 is 1.14 bits per heavy atom. The van der Waals surface area contributed by atoms with E-state index in [2.05, 4.69) is 15.5 Å². The first-order chi connectivity index (χ1) is 14.1. The maximum atomic E-state index is 12.1. The third kappa shape index (κ3) is 5.58. The molecule has 0 spiro atoms. The minimum absolute atomic E-state index is 0.0966. The minimum Gasteiger partial charge on any atom is -0.497 e. The van der Waals surface area contributed by atoms with Crippen LogP contribution in [0.4, 0.5) is 5.69 Å². The SMILES string of the molecule is CCOC(=O)c1ccc(NC(=O)CSc2nnc(-c3cccc(OC)c3)o2)cc1. The largest absolute Gasteiger partial charge is 0.497 e. The molecule has 0 aliphatic carbocycles. The van der Waals surface area contributed by atoms with Crippen LogP contribution in [0.3, 0.4) is 0 Å². The van der Waals surface area contributed by atoms with Crippen LogP contribution in [0.1, 0.15) is 17.3 Å². The predicted octanol–water partition coefficient (Wildman–Crippen LogP) is 3.65. The number of carbonyl (C=O) groups is 2. The number of anilines is 1. The van der Waals surface area contributed by atoms with Gasteiger partial charge in [-0.25, -0.2) is 4.79 Å². The summed E-state index contributed by atoms with van der Waals surface area (Å²) in [6.45, 7) is 2.05. The number of hydrogen-bond acceptors (Lipinski definition) is 8. The van der Waals surface area contributed by atoms with Gasteiger partial charge in [0.2, 0.25) is 11.8 Å². The van der Waals surface area contributed by atoms with E-state index >= 15 is 0 Å². The van der Waals surface area contributed by atoms with Crippen LogP contribution in [0.2, 0.25) is 0 Å².